The van der Waals surface area contributed by atoms with E-state index in [4.69, 9.17) is 9.47 Å². The molecule has 1 heterocycles. The van der Waals surface area contributed by atoms with Gasteiger partial charge in [-0.2, -0.15) is 0 Å². The zero-order valence-electron chi connectivity index (χ0n) is 14.0. The fourth-order valence-electron chi connectivity index (χ4n) is 2.82. The summed E-state index contributed by atoms with van der Waals surface area (Å²) in [5.41, 5.74) is 1.61. The Hall–Kier alpha value is -1.63. The minimum absolute atomic E-state index is 0.0890. The van der Waals surface area contributed by atoms with Crippen molar-refractivity contribution in [3.05, 3.63) is 29.3 Å². The number of carbonyl (C=O) groups excluding carboxylic acids is 1. The Kier molecular flexibility index (Phi) is 6.38. The van der Waals surface area contributed by atoms with E-state index in [0.29, 0.717) is 12.2 Å². The standard InChI is InChI=1S/C17H26N2O4/c1-11(19-12(2)20)13-4-5-16(21)15(8-13)17(10-22-3)23-14-6-7-18-9-14/h4-5,8,11,14,17-18,21H,6-7,9-10H2,1-3H3,(H,19,20). The van der Waals surface area contributed by atoms with Crippen molar-refractivity contribution in [3.8, 4) is 5.75 Å². The quantitative estimate of drug-likeness (QED) is 0.711. The molecule has 0 saturated carbocycles. The topological polar surface area (TPSA) is 79.8 Å². The minimum atomic E-state index is -0.339. The van der Waals surface area contributed by atoms with Gasteiger partial charge in [0.2, 0.25) is 5.91 Å². The van der Waals surface area contributed by atoms with Crippen LogP contribution in [-0.4, -0.2) is 43.9 Å². The van der Waals surface area contributed by atoms with Gasteiger partial charge >= 0.3 is 0 Å². The van der Waals surface area contributed by atoms with E-state index in [0.717, 1.165) is 25.1 Å². The molecule has 1 aliphatic heterocycles. The number of hydrogen-bond donors (Lipinski definition) is 3. The number of carbonyl (C=O) groups is 1. The third kappa shape index (κ3) is 4.92. The molecule has 1 fully saturated rings. The molecule has 0 aliphatic carbocycles. The van der Waals surface area contributed by atoms with Crippen LogP contribution < -0.4 is 10.6 Å². The van der Waals surface area contributed by atoms with Crippen LogP contribution in [0, 0.1) is 0 Å². The van der Waals surface area contributed by atoms with Crippen molar-refractivity contribution in [2.75, 3.05) is 26.8 Å². The van der Waals surface area contributed by atoms with Crippen molar-refractivity contribution >= 4 is 5.91 Å². The SMILES string of the molecule is COCC(OC1CCNC1)c1cc(C(C)NC(C)=O)ccc1O. The molecule has 2 rings (SSSR count). The van der Waals surface area contributed by atoms with Crippen LogP contribution in [0.3, 0.4) is 0 Å². The molecule has 128 valence electrons. The number of nitrogens with one attached hydrogen (secondary N) is 2. The van der Waals surface area contributed by atoms with Crippen LogP contribution in [-0.2, 0) is 14.3 Å². The molecule has 1 amide bonds. The Bertz CT molecular complexity index is 529. The van der Waals surface area contributed by atoms with Gasteiger partial charge in [-0.05, 0) is 37.6 Å². The second-order valence-corrected chi connectivity index (χ2v) is 5.94. The summed E-state index contributed by atoms with van der Waals surface area (Å²) in [4.78, 5) is 11.2. The van der Waals surface area contributed by atoms with Gasteiger partial charge in [0, 0.05) is 26.1 Å². The molecule has 0 bridgehead atoms. The van der Waals surface area contributed by atoms with E-state index in [1.54, 1.807) is 19.2 Å². The lowest BCUT2D eigenvalue weighted by molar-refractivity contribution is -0.119. The maximum Gasteiger partial charge on any atom is 0.217 e. The van der Waals surface area contributed by atoms with Gasteiger partial charge in [-0.1, -0.05) is 6.07 Å². The number of hydrogen-bond acceptors (Lipinski definition) is 5. The van der Waals surface area contributed by atoms with Crippen molar-refractivity contribution in [2.24, 2.45) is 0 Å². The largest absolute Gasteiger partial charge is 0.508 e. The summed E-state index contributed by atoms with van der Waals surface area (Å²) in [5.74, 6) is 0.0885. The van der Waals surface area contributed by atoms with Crippen LogP contribution in [0.2, 0.25) is 0 Å². The number of phenols is 1. The van der Waals surface area contributed by atoms with Gasteiger partial charge in [-0.25, -0.2) is 0 Å². The molecule has 0 radical (unpaired) electrons. The van der Waals surface area contributed by atoms with Crippen LogP contribution in [0.25, 0.3) is 0 Å². The summed E-state index contributed by atoms with van der Waals surface area (Å²) in [6.45, 7) is 5.51. The molecule has 3 atom stereocenters. The molecular weight excluding hydrogens is 296 g/mol. The number of methoxy groups -OCH3 is 1. The monoisotopic (exact) mass is 322 g/mol. The van der Waals surface area contributed by atoms with E-state index in [2.05, 4.69) is 10.6 Å². The molecule has 6 heteroatoms. The van der Waals surface area contributed by atoms with Gasteiger partial charge in [0.1, 0.15) is 11.9 Å². The van der Waals surface area contributed by atoms with Crippen LogP contribution in [0.15, 0.2) is 18.2 Å². The van der Waals surface area contributed by atoms with Crippen LogP contribution in [0.1, 0.15) is 43.5 Å². The lowest BCUT2D eigenvalue weighted by atomic mass is 10.0. The van der Waals surface area contributed by atoms with Gasteiger partial charge < -0.3 is 25.2 Å². The van der Waals surface area contributed by atoms with E-state index in [9.17, 15) is 9.90 Å². The molecular formula is C17H26N2O4. The lowest BCUT2D eigenvalue weighted by Crippen LogP contribution is -2.24. The van der Waals surface area contributed by atoms with E-state index in [-0.39, 0.29) is 29.9 Å². The lowest BCUT2D eigenvalue weighted by Gasteiger charge is -2.24. The molecule has 0 aromatic heterocycles. The zero-order chi connectivity index (χ0) is 16.8. The average molecular weight is 322 g/mol. The Labute approximate surface area is 137 Å². The number of ether oxygens (including phenoxy) is 2. The Morgan fingerprint density at radius 1 is 1.52 bits per heavy atom. The molecule has 1 aromatic carbocycles. The normalized spacial score (nSPS) is 20.2. The Morgan fingerprint density at radius 3 is 2.91 bits per heavy atom. The summed E-state index contributed by atoms with van der Waals surface area (Å²) < 4.78 is 11.4. The highest BCUT2D eigenvalue weighted by atomic mass is 16.5. The van der Waals surface area contributed by atoms with Crippen molar-refractivity contribution in [1.29, 1.82) is 0 Å². The number of rotatable bonds is 7. The van der Waals surface area contributed by atoms with Gasteiger partial charge in [0.15, 0.2) is 0 Å². The maximum absolute atomic E-state index is 11.2. The van der Waals surface area contributed by atoms with Crippen molar-refractivity contribution in [1.82, 2.24) is 10.6 Å². The third-order valence-electron chi connectivity index (χ3n) is 4.01. The first-order chi connectivity index (χ1) is 11.0. The predicted molar refractivity (Wildman–Crippen MR) is 87.3 cm³/mol. The molecule has 1 saturated heterocycles. The summed E-state index contributed by atoms with van der Waals surface area (Å²) in [5, 5.41) is 16.3. The second-order valence-electron chi connectivity index (χ2n) is 5.94. The van der Waals surface area contributed by atoms with Crippen LogP contribution >= 0.6 is 0 Å². The molecule has 3 unspecified atom stereocenters. The van der Waals surface area contributed by atoms with Crippen molar-refractivity contribution < 1.29 is 19.4 Å². The summed E-state index contributed by atoms with van der Waals surface area (Å²) >= 11 is 0. The third-order valence-corrected chi connectivity index (χ3v) is 4.01. The Balaban J connectivity index is 2.20. The maximum atomic E-state index is 11.2. The summed E-state index contributed by atoms with van der Waals surface area (Å²) in [7, 11) is 1.62. The average Bonchev–Trinajstić information content (AvgIpc) is 2.99. The van der Waals surface area contributed by atoms with Gasteiger partial charge in [-0.3, -0.25) is 4.79 Å². The van der Waals surface area contributed by atoms with Crippen LogP contribution in [0.4, 0.5) is 0 Å². The number of benzene rings is 1. The minimum Gasteiger partial charge on any atom is -0.508 e. The number of amides is 1. The fourth-order valence-corrected chi connectivity index (χ4v) is 2.82. The summed E-state index contributed by atoms with van der Waals surface area (Å²) in [6.07, 6.45) is 0.725. The first-order valence-electron chi connectivity index (χ1n) is 7.96. The molecule has 3 N–H and O–H groups in total. The first kappa shape index (κ1) is 17.7. The van der Waals surface area contributed by atoms with E-state index >= 15 is 0 Å². The second kappa shape index (κ2) is 8.29. The fraction of sp³-hybridized carbons (Fsp3) is 0.588. The number of phenolic OH excluding ortho intramolecular Hbond substituents is 1. The van der Waals surface area contributed by atoms with Gasteiger partial charge in [0.25, 0.3) is 0 Å². The molecule has 1 aromatic rings. The van der Waals surface area contributed by atoms with Crippen molar-refractivity contribution in [3.63, 3.8) is 0 Å². The smallest absolute Gasteiger partial charge is 0.217 e. The highest BCUT2D eigenvalue weighted by Gasteiger charge is 2.24. The predicted octanol–water partition coefficient (Wildman–Crippen LogP) is 1.66. The van der Waals surface area contributed by atoms with E-state index in [1.807, 2.05) is 13.0 Å². The summed E-state index contributed by atoms with van der Waals surface area (Å²) in [6, 6.07) is 5.19. The highest BCUT2D eigenvalue weighted by Crippen LogP contribution is 2.31. The molecule has 6 nitrogen and oxygen atoms in total. The van der Waals surface area contributed by atoms with Crippen LogP contribution in [0.5, 0.6) is 5.75 Å². The van der Waals surface area contributed by atoms with Gasteiger partial charge in [-0.15, -0.1) is 0 Å². The van der Waals surface area contributed by atoms with Crippen molar-refractivity contribution in [2.45, 2.75) is 38.5 Å². The molecule has 1 aliphatic rings. The number of aromatic hydroxyl groups is 1. The highest BCUT2D eigenvalue weighted by molar-refractivity contribution is 5.73. The molecule has 23 heavy (non-hydrogen) atoms. The zero-order valence-corrected chi connectivity index (χ0v) is 14.0. The van der Waals surface area contributed by atoms with E-state index < -0.39 is 0 Å². The molecule has 0 spiro atoms. The Morgan fingerprint density at radius 2 is 2.30 bits per heavy atom. The van der Waals surface area contributed by atoms with Gasteiger partial charge in [0.05, 0.1) is 18.8 Å². The van der Waals surface area contributed by atoms with E-state index in [1.165, 1.54) is 6.92 Å². The first-order valence-corrected chi connectivity index (χ1v) is 7.96.